The van der Waals surface area contributed by atoms with Crippen LogP contribution in [0.3, 0.4) is 0 Å². The third-order valence-electron chi connectivity index (χ3n) is 3.72. The van der Waals surface area contributed by atoms with Crippen molar-refractivity contribution in [2.75, 3.05) is 13.2 Å². The van der Waals surface area contributed by atoms with Gasteiger partial charge in [0.05, 0.1) is 18.9 Å². The van der Waals surface area contributed by atoms with E-state index in [-0.39, 0.29) is 12.0 Å². The number of thiophene rings is 1. The van der Waals surface area contributed by atoms with Crippen molar-refractivity contribution in [3.05, 3.63) is 46.0 Å². The molecule has 1 atom stereocenters. The van der Waals surface area contributed by atoms with Gasteiger partial charge in [-0.25, -0.2) is 0 Å². The second kappa shape index (κ2) is 6.45. The lowest BCUT2D eigenvalue weighted by atomic mass is 10.2. The summed E-state index contributed by atoms with van der Waals surface area (Å²) in [5.41, 5.74) is 0.878. The fraction of sp³-hybridized carbons (Fsp3) is 0.438. The first-order valence-corrected chi connectivity index (χ1v) is 8.09. The molecule has 1 aliphatic heterocycles. The lowest BCUT2D eigenvalue weighted by Gasteiger charge is -2.24. The first-order chi connectivity index (χ1) is 10.2. The maximum Gasteiger partial charge on any atom is 0.290 e. The third-order valence-corrected chi connectivity index (χ3v) is 4.58. The van der Waals surface area contributed by atoms with E-state index in [1.807, 2.05) is 29.3 Å². The number of hydrogen-bond donors (Lipinski definition) is 0. The van der Waals surface area contributed by atoms with Crippen LogP contribution in [-0.2, 0) is 11.3 Å². The van der Waals surface area contributed by atoms with Crippen molar-refractivity contribution in [1.29, 1.82) is 0 Å². The van der Waals surface area contributed by atoms with Gasteiger partial charge in [0, 0.05) is 23.6 Å². The Morgan fingerprint density at radius 1 is 1.48 bits per heavy atom. The van der Waals surface area contributed by atoms with E-state index in [1.54, 1.807) is 17.6 Å². The molecule has 2 aromatic heterocycles. The molecule has 0 N–H and O–H groups in total. The minimum Gasteiger partial charge on any atom is -0.459 e. The number of amides is 1. The van der Waals surface area contributed by atoms with Crippen LogP contribution in [0.4, 0.5) is 0 Å². The smallest absolute Gasteiger partial charge is 0.290 e. The number of carbonyl (C=O) groups is 1. The predicted octanol–water partition coefficient (Wildman–Crippen LogP) is 3.47. The summed E-state index contributed by atoms with van der Waals surface area (Å²) in [6.45, 7) is 3.92. The highest BCUT2D eigenvalue weighted by molar-refractivity contribution is 7.09. The number of rotatable bonds is 5. The first kappa shape index (κ1) is 14.4. The molecule has 0 radical (unpaired) electrons. The molecule has 1 aliphatic rings. The summed E-state index contributed by atoms with van der Waals surface area (Å²) in [4.78, 5) is 15.7. The number of hydrogen-bond acceptors (Lipinski definition) is 4. The maximum absolute atomic E-state index is 12.7. The van der Waals surface area contributed by atoms with E-state index >= 15 is 0 Å². The van der Waals surface area contributed by atoms with Crippen LogP contribution in [0, 0.1) is 6.92 Å². The SMILES string of the molecule is Cc1ccoc1C(=O)N(Cc1cccs1)CC1CCCO1. The maximum atomic E-state index is 12.7. The molecular formula is C16H19NO3S. The van der Waals surface area contributed by atoms with Crippen molar-refractivity contribution >= 4 is 17.2 Å². The van der Waals surface area contributed by atoms with Crippen LogP contribution in [0.1, 0.15) is 33.8 Å². The fourth-order valence-electron chi connectivity index (χ4n) is 2.58. The van der Waals surface area contributed by atoms with Gasteiger partial charge in [0.25, 0.3) is 5.91 Å². The normalized spacial score (nSPS) is 18.0. The van der Waals surface area contributed by atoms with E-state index in [1.165, 1.54) is 4.88 Å². The van der Waals surface area contributed by atoms with Crippen LogP contribution in [0.25, 0.3) is 0 Å². The van der Waals surface area contributed by atoms with E-state index in [0.29, 0.717) is 18.8 Å². The molecule has 112 valence electrons. The molecule has 3 rings (SSSR count). The zero-order valence-corrected chi connectivity index (χ0v) is 12.9. The molecule has 0 aromatic carbocycles. The Balaban J connectivity index is 1.77. The van der Waals surface area contributed by atoms with Gasteiger partial charge in [-0.2, -0.15) is 0 Å². The summed E-state index contributed by atoms with van der Waals surface area (Å²) in [5, 5.41) is 2.03. The van der Waals surface area contributed by atoms with Crippen LogP contribution in [-0.4, -0.2) is 30.1 Å². The molecule has 1 unspecified atom stereocenters. The van der Waals surface area contributed by atoms with E-state index in [2.05, 4.69) is 6.07 Å². The molecule has 21 heavy (non-hydrogen) atoms. The number of ether oxygens (including phenoxy) is 1. The van der Waals surface area contributed by atoms with Crippen LogP contribution < -0.4 is 0 Å². The van der Waals surface area contributed by atoms with Crippen molar-refractivity contribution in [3.8, 4) is 0 Å². The molecule has 5 heteroatoms. The first-order valence-electron chi connectivity index (χ1n) is 7.21. The summed E-state index contributed by atoms with van der Waals surface area (Å²) in [5.74, 6) is 0.381. The standard InChI is InChI=1S/C16H19NO3S/c1-12-6-8-20-15(12)16(18)17(10-13-4-2-7-19-13)11-14-5-3-9-21-14/h3,5-6,8-9,13H,2,4,7,10-11H2,1H3. The highest BCUT2D eigenvalue weighted by Gasteiger charge is 2.26. The van der Waals surface area contributed by atoms with Crippen LogP contribution in [0.5, 0.6) is 0 Å². The molecule has 1 saturated heterocycles. The molecule has 1 fully saturated rings. The average molecular weight is 305 g/mol. The van der Waals surface area contributed by atoms with Gasteiger partial charge in [0.1, 0.15) is 0 Å². The second-order valence-corrected chi connectivity index (χ2v) is 6.37. The average Bonchev–Trinajstić information content (AvgIpc) is 3.19. The number of furan rings is 1. The minimum absolute atomic E-state index is 0.0543. The molecule has 3 heterocycles. The Morgan fingerprint density at radius 2 is 2.38 bits per heavy atom. The minimum atomic E-state index is -0.0543. The summed E-state index contributed by atoms with van der Waals surface area (Å²) in [7, 11) is 0. The molecule has 0 saturated carbocycles. The summed E-state index contributed by atoms with van der Waals surface area (Å²) >= 11 is 1.66. The highest BCUT2D eigenvalue weighted by Crippen LogP contribution is 2.20. The Hall–Kier alpha value is -1.59. The number of carbonyl (C=O) groups excluding carboxylic acids is 1. The molecule has 4 nitrogen and oxygen atoms in total. The van der Waals surface area contributed by atoms with E-state index in [9.17, 15) is 4.79 Å². The van der Waals surface area contributed by atoms with Crippen LogP contribution in [0.15, 0.2) is 34.3 Å². The van der Waals surface area contributed by atoms with E-state index in [0.717, 1.165) is 25.0 Å². The van der Waals surface area contributed by atoms with Gasteiger partial charge in [0.2, 0.25) is 0 Å². The molecule has 2 aromatic rings. The van der Waals surface area contributed by atoms with Gasteiger partial charge in [0.15, 0.2) is 5.76 Å². The molecule has 1 amide bonds. The Labute approximate surface area is 128 Å². The molecule has 0 spiro atoms. The lowest BCUT2D eigenvalue weighted by molar-refractivity contribution is 0.0485. The molecule has 0 aliphatic carbocycles. The number of aryl methyl sites for hydroxylation is 1. The second-order valence-electron chi connectivity index (χ2n) is 5.33. The van der Waals surface area contributed by atoms with Gasteiger partial charge >= 0.3 is 0 Å². The monoisotopic (exact) mass is 305 g/mol. The zero-order valence-electron chi connectivity index (χ0n) is 12.1. The molecular weight excluding hydrogens is 286 g/mol. The quantitative estimate of drug-likeness (QED) is 0.849. The van der Waals surface area contributed by atoms with E-state index in [4.69, 9.17) is 9.15 Å². The van der Waals surface area contributed by atoms with Gasteiger partial charge < -0.3 is 14.1 Å². The largest absolute Gasteiger partial charge is 0.459 e. The van der Waals surface area contributed by atoms with E-state index < -0.39 is 0 Å². The Bertz CT molecular complexity index is 584. The van der Waals surface area contributed by atoms with Gasteiger partial charge in [-0.1, -0.05) is 6.07 Å². The van der Waals surface area contributed by atoms with Crippen molar-refractivity contribution in [3.63, 3.8) is 0 Å². The Kier molecular flexibility index (Phi) is 4.41. The van der Waals surface area contributed by atoms with Crippen LogP contribution in [0.2, 0.25) is 0 Å². The summed E-state index contributed by atoms with van der Waals surface area (Å²) in [6.07, 6.45) is 3.80. The third kappa shape index (κ3) is 3.36. The molecule has 0 bridgehead atoms. The summed E-state index contributed by atoms with van der Waals surface area (Å²) < 4.78 is 11.0. The van der Waals surface area contributed by atoms with Crippen molar-refractivity contribution in [2.45, 2.75) is 32.4 Å². The topological polar surface area (TPSA) is 42.7 Å². The van der Waals surface area contributed by atoms with Gasteiger partial charge in [-0.05, 0) is 37.3 Å². The zero-order chi connectivity index (χ0) is 14.7. The predicted molar refractivity (Wildman–Crippen MR) is 81.5 cm³/mol. The van der Waals surface area contributed by atoms with Crippen molar-refractivity contribution in [2.24, 2.45) is 0 Å². The van der Waals surface area contributed by atoms with Gasteiger partial charge in [-0.15, -0.1) is 11.3 Å². The van der Waals surface area contributed by atoms with Gasteiger partial charge in [-0.3, -0.25) is 4.79 Å². The number of nitrogens with zero attached hydrogens (tertiary/aromatic N) is 1. The Morgan fingerprint density at radius 3 is 3.00 bits per heavy atom. The fourth-order valence-corrected chi connectivity index (χ4v) is 3.30. The van der Waals surface area contributed by atoms with Crippen molar-refractivity contribution in [1.82, 2.24) is 4.90 Å². The summed E-state index contributed by atoms with van der Waals surface area (Å²) in [6, 6.07) is 5.88. The highest BCUT2D eigenvalue weighted by atomic mass is 32.1. The van der Waals surface area contributed by atoms with Crippen molar-refractivity contribution < 1.29 is 13.9 Å². The lowest BCUT2D eigenvalue weighted by Crippen LogP contribution is -2.36. The van der Waals surface area contributed by atoms with Crippen LogP contribution >= 0.6 is 11.3 Å².